The van der Waals surface area contributed by atoms with Crippen LogP contribution in [0.5, 0.6) is 5.75 Å². The fraction of sp³-hybridized carbons (Fsp3) is 0.353. The van der Waals surface area contributed by atoms with Gasteiger partial charge in [-0.05, 0) is 11.5 Å². The fourth-order valence-corrected chi connectivity index (χ4v) is 2.69. The molecule has 2 aromatic carbocycles. The highest BCUT2D eigenvalue weighted by molar-refractivity contribution is 5.88. The molecule has 1 fully saturated rings. The van der Waals surface area contributed by atoms with Gasteiger partial charge in [0.1, 0.15) is 5.75 Å². The number of hydrogen-bond acceptors (Lipinski definition) is 4. The third kappa shape index (κ3) is 4.34. The van der Waals surface area contributed by atoms with Gasteiger partial charge in [-0.25, -0.2) is 0 Å². The van der Waals surface area contributed by atoms with Crippen LogP contribution in [0.15, 0.2) is 42.5 Å². The molecule has 2 unspecified atom stereocenters. The summed E-state index contributed by atoms with van der Waals surface area (Å²) in [5, 5.41) is 17.7. The van der Waals surface area contributed by atoms with Crippen molar-refractivity contribution in [2.45, 2.75) is 6.10 Å². The van der Waals surface area contributed by atoms with Crippen molar-refractivity contribution in [1.82, 2.24) is 10.6 Å². The van der Waals surface area contributed by atoms with E-state index < -0.39 is 0 Å². The summed E-state index contributed by atoms with van der Waals surface area (Å²) in [6, 6.07) is 13.7. The maximum atomic E-state index is 11.9. The lowest BCUT2D eigenvalue weighted by Crippen LogP contribution is -2.36. The van der Waals surface area contributed by atoms with E-state index in [1.54, 1.807) is 0 Å². The zero-order valence-corrected chi connectivity index (χ0v) is 13.5. The molecule has 1 amide bonds. The summed E-state index contributed by atoms with van der Waals surface area (Å²) >= 11 is 0. The monoisotopic (exact) mass is 336 g/mol. The summed E-state index contributed by atoms with van der Waals surface area (Å²) in [6.45, 7) is 1.76. The van der Waals surface area contributed by atoms with E-state index in [1.165, 1.54) is 0 Å². The number of hydrogen-bond donors (Lipinski definition) is 3. The number of carbonyl (C=O) groups excluding carboxylic acids is 1. The average molecular weight is 337 g/mol. The summed E-state index contributed by atoms with van der Waals surface area (Å²) in [6.07, 6.45) is -0.390. The summed E-state index contributed by atoms with van der Waals surface area (Å²) in [5.74, 6) is 0.601. The molecule has 23 heavy (non-hydrogen) atoms. The Morgan fingerprint density at radius 3 is 2.78 bits per heavy atom. The van der Waals surface area contributed by atoms with E-state index in [0.717, 1.165) is 17.3 Å². The van der Waals surface area contributed by atoms with E-state index in [4.69, 9.17) is 4.74 Å². The second-order valence-corrected chi connectivity index (χ2v) is 5.56. The first-order chi connectivity index (χ1) is 10.7. The minimum absolute atomic E-state index is 0. The molecule has 0 spiro atoms. The number of fused-ring (bicyclic) bond motifs is 1. The fourth-order valence-electron chi connectivity index (χ4n) is 2.69. The van der Waals surface area contributed by atoms with Gasteiger partial charge in [-0.1, -0.05) is 36.4 Å². The molecule has 1 aliphatic rings. The molecular weight excluding hydrogens is 316 g/mol. The number of halogens is 1. The highest BCUT2D eigenvalue weighted by Gasteiger charge is 2.24. The Balaban J connectivity index is 0.00000192. The van der Waals surface area contributed by atoms with Gasteiger partial charge < -0.3 is 20.5 Å². The van der Waals surface area contributed by atoms with Crippen LogP contribution in [0.4, 0.5) is 0 Å². The predicted molar refractivity (Wildman–Crippen MR) is 92.1 cm³/mol. The molecule has 0 saturated carbocycles. The number of carbonyl (C=O) groups is 1. The van der Waals surface area contributed by atoms with Crippen molar-refractivity contribution in [3.05, 3.63) is 42.5 Å². The van der Waals surface area contributed by atoms with Crippen molar-refractivity contribution in [1.29, 1.82) is 0 Å². The predicted octanol–water partition coefficient (Wildman–Crippen LogP) is 1.34. The first-order valence-corrected chi connectivity index (χ1v) is 7.50. The smallest absolute Gasteiger partial charge is 0.257 e. The number of rotatable bonds is 5. The number of benzene rings is 2. The molecule has 0 radical (unpaired) electrons. The topological polar surface area (TPSA) is 70.6 Å². The summed E-state index contributed by atoms with van der Waals surface area (Å²) in [5.41, 5.74) is 0. The van der Waals surface area contributed by atoms with Gasteiger partial charge in [-0.15, -0.1) is 12.4 Å². The second-order valence-electron chi connectivity index (χ2n) is 5.56. The highest BCUT2D eigenvalue weighted by atomic mass is 35.5. The Morgan fingerprint density at radius 1 is 1.22 bits per heavy atom. The SMILES string of the molecule is Cl.O=C(COc1cccc2ccccc12)NCC1CNCC1O. The standard InChI is InChI=1S/C17H20N2O3.ClH/c20-15-10-18-8-13(15)9-19-17(21)11-22-16-7-3-5-12-4-1-2-6-14(12)16;/h1-7,13,15,18,20H,8-11H2,(H,19,21);1H. The third-order valence-corrected chi connectivity index (χ3v) is 3.97. The molecule has 3 N–H and O–H groups in total. The second kappa shape index (κ2) is 8.15. The normalized spacial score (nSPS) is 20.0. The lowest BCUT2D eigenvalue weighted by atomic mass is 10.1. The number of aliphatic hydroxyl groups excluding tert-OH is 1. The van der Waals surface area contributed by atoms with Crippen LogP contribution in [-0.2, 0) is 4.79 Å². The molecule has 0 aromatic heterocycles. The van der Waals surface area contributed by atoms with Crippen LogP contribution in [-0.4, -0.2) is 43.4 Å². The Bertz CT molecular complexity index is 660. The van der Waals surface area contributed by atoms with Crippen LogP contribution < -0.4 is 15.4 Å². The van der Waals surface area contributed by atoms with Crippen LogP contribution in [0, 0.1) is 5.92 Å². The number of β-amino-alcohol motifs (C(OH)–C–C–N with tert-alkyl or cyclic N) is 1. The number of amides is 1. The Morgan fingerprint density at radius 2 is 2.00 bits per heavy atom. The van der Waals surface area contributed by atoms with Crippen molar-refractivity contribution in [3.8, 4) is 5.75 Å². The Kier molecular flexibility index (Phi) is 6.21. The molecule has 6 heteroatoms. The van der Waals surface area contributed by atoms with Crippen LogP contribution in [0.2, 0.25) is 0 Å². The zero-order chi connectivity index (χ0) is 15.4. The third-order valence-electron chi connectivity index (χ3n) is 3.97. The minimum atomic E-state index is -0.390. The Hall–Kier alpha value is -1.82. The van der Waals surface area contributed by atoms with Crippen molar-refractivity contribution in [2.75, 3.05) is 26.2 Å². The van der Waals surface area contributed by atoms with Crippen LogP contribution in [0.3, 0.4) is 0 Å². The number of nitrogens with one attached hydrogen (secondary N) is 2. The van der Waals surface area contributed by atoms with Crippen molar-refractivity contribution in [2.24, 2.45) is 5.92 Å². The zero-order valence-electron chi connectivity index (χ0n) is 12.7. The van der Waals surface area contributed by atoms with Gasteiger partial charge in [-0.2, -0.15) is 0 Å². The molecule has 1 saturated heterocycles. The van der Waals surface area contributed by atoms with Gasteiger partial charge in [0, 0.05) is 30.9 Å². The maximum absolute atomic E-state index is 11.9. The summed E-state index contributed by atoms with van der Waals surface area (Å²) < 4.78 is 5.63. The van der Waals surface area contributed by atoms with Crippen LogP contribution >= 0.6 is 12.4 Å². The first-order valence-electron chi connectivity index (χ1n) is 7.50. The van der Waals surface area contributed by atoms with Crippen molar-refractivity contribution in [3.63, 3.8) is 0 Å². The molecule has 0 bridgehead atoms. The lowest BCUT2D eigenvalue weighted by Gasteiger charge is -2.14. The van der Waals surface area contributed by atoms with E-state index in [-0.39, 0.29) is 36.9 Å². The summed E-state index contributed by atoms with van der Waals surface area (Å²) in [4.78, 5) is 11.9. The molecule has 2 atom stereocenters. The largest absolute Gasteiger partial charge is 0.483 e. The summed E-state index contributed by atoms with van der Waals surface area (Å²) in [7, 11) is 0. The molecule has 1 heterocycles. The van der Waals surface area contributed by atoms with Crippen LogP contribution in [0.1, 0.15) is 0 Å². The van der Waals surface area contributed by atoms with E-state index in [0.29, 0.717) is 18.8 Å². The lowest BCUT2D eigenvalue weighted by molar-refractivity contribution is -0.123. The van der Waals surface area contributed by atoms with Crippen molar-refractivity contribution >= 4 is 29.1 Å². The number of aliphatic hydroxyl groups is 1. The van der Waals surface area contributed by atoms with E-state index in [2.05, 4.69) is 10.6 Å². The molecule has 5 nitrogen and oxygen atoms in total. The van der Waals surface area contributed by atoms with E-state index in [9.17, 15) is 9.90 Å². The van der Waals surface area contributed by atoms with E-state index >= 15 is 0 Å². The first kappa shape index (κ1) is 17.5. The molecule has 3 rings (SSSR count). The molecule has 124 valence electrons. The quantitative estimate of drug-likeness (QED) is 0.770. The minimum Gasteiger partial charge on any atom is -0.483 e. The highest BCUT2D eigenvalue weighted by Crippen LogP contribution is 2.24. The van der Waals surface area contributed by atoms with Gasteiger partial charge in [0.15, 0.2) is 6.61 Å². The molecule has 2 aromatic rings. The Labute approximate surface area is 141 Å². The molecule has 1 aliphatic heterocycles. The van der Waals surface area contributed by atoms with Gasteiger partial charge in [0.05, 0.1) is 6.10 Å². The van der Waals surface area contributed by atoms with Gasteiger partial charge >= 0.3 is 0 Å². The molecule has 0 aliphatic carbocycles. The maximum Gasteiger partial charge on any atom is 0.257 e. The molecular formula is C17H21ClN2O3. The average Bonchev–Trinajstić information content (AvgIpc) is 2.96. The van der Waals surface area contributed by atoms with Gasteiger partial charge in [-0.3, -0.25) is 4.79 Å². The van der Waals surface area contributed by atoms with Gasteiger partial charge in [0.2, 0.25) is 0 Å². The van der Waals surface area contributed by atoms with Crippen molar-refractivity contribution < 1.29 is 14.6 Å². The van der Waals surface area contributed by atoms with Crippen LogP contribution in [0.25, 0.3) is 10.8 Å². The van der Waals surface area contributed by atoms with E-state index in [1.807, 2.05) is 42.5 Å². The number of ether oxygens (including phenoxy) is 1. The van der Waals surface area contributed by atoms with Gasteiger partial charge in [0.25, 0.3) is 5.91 Å².